The van der Waals surface area contributed by atoms with E-state index in [0.717, 1.165) is 0 Å². The van der Waals surface area contributed by atoms with Crippen molar-refractivity contribution in [1.29, 1.82) is 0 Å². The van der Waals surface area contributed by atoms with Crippen LogP contribution in [0.5, 0.6) is 0 Å². The van der Waals surface area contributed by atoms with E-state index in [9.17, 15) is 0 Å². The topological polar surface area (TPSA) is 0 Å². The van der Waals surface area contributed by atoms with Gasteiger partial charge >= 0.3 is 0 Å². The Bertz CT molecular complexity index is 800. The summed E-state index contributed by atoms with van der Waals surface area (Å²) in [5.74, 6) is 3.87. The summed E-state index contributed by atoms with van der Waals surface area (Å²) in [6.45, 7) is 9.28. The van der Waals surface area contributed by atoms with Crippen molar-refractivity contribution in [3.63, 3.8) is 0 Å². The molecule has 0 spiro atoms. The second kappa shape index (κ2) is 40.9. The highest BCUT2D eigenvalue weighted by molar-refractivity contribution is 8.03. The van der Waals surface area contributed by atoms with Gasteiger partial charge in [-0.2, -0.15) is 0 Å². The van der Waals surface area contributed by atoms with Gasteiger partial charge in [-0.05, 0) is 61.1 Å². The number of rotatable bonds is 42. The summed E-state index contributed by atoms with van der Waals surface area (Å²) in [4.78, 5) is 4.80. The van der Waals surface area contributed by atoms with Gasteiger partial charge in [-0.3, -0.25) is 0 Å². The van der Waals surface area contributed by atoms with Crippen LogP contribution < -0.4 is 0 Å². The molecule has 0 amide bonds. The minimum absolute atomic E-state index is 1.29. The fourth-order valence-corrected chi connectivity index (χ4v) is 11.3. The lowest BCUT2D eigenvalue weighted by molar-refractivity contribution is 0.548. The lowest BCUT2D eigenvalue weighted by Crippen LogP contribution is -1.92. The summed E-state index contributed by atoms with van der Waals surface area (Å²) >= 11 is 6.53. The number of unbranched alkanes of at least 4 members (excludes halogenated alkanes) is 33. The standard InChI is InChI=1S/C49H92S3/c1-5-8-11-14-17-20-23-26-29-32-35-38-41-50-47-44-46(4)45-48(51-42-39-36-33-30-27-24-21-18-15-12-9-6-2)49(47)52-43-40-37-34-31-28-25-22-19-16-13-10-7-3/h44-45H,5-43H2,1-4H3. The first-order chi connectivity index (χ1) is 25.7. The van der Waals surface area contributed by atoms with Crippen LogP contribution in [0, 0.1) is 6.92 Å². The third-order valence-corrected chi connectivity index (χ3v) is 14.7. The zero-order valence-electron chi connectivity index (χ0n) is 36.0. The third-order valence-electron chi connectivity index (χ3n) is 10.9. The highest BCUT2D eigenvalue weighted by Crippen LogP contribution is 2.41. The highest BCUT2D eigenvalue weighted by atomic mass is 32.2. The minimum Gasteiger partial charge on any atom is -0.125 e. The Kier molecular flexibility index (Phi) is 39.6. The number of thioether (sulfide) groups is 3. The van der Waals surface area contributed by atoms with Crippen molar-refractivity contribution < 1.29 is 0 Å². The van der Waals surface area contributed by atoms with Crippen molar-refractivity contribution >= 4 is 35.3 Å². The molecule has 0 atom stereocenters. The molecule has 0 unspecified atom stereocenters. The van der Waals surface area contributed by atoms with Crippen molar-refractivity contribution in [3.8, 4) is 0 Å². The molecule has 0 aliphatic rings. The number of benzene rings is 1. The summed E-state index contributed by atoms with van der Waals surface area (Å²) < 4.78 is 0. The first kappa shape index (κ1) is 50.3. The molecule has 52 heavy (non-hydrogen) atoms. The van der Waals surface area contributed by atoms with Gasteiger partial charge in [0.25, 0.3) is 0 Å². The summed E-state index contributed by atoms with van der Waals surface area (Å²) in [6.07, 6.45) is 51.7. The van der Waals surface area contributed by atoms with Gasteiger partial charge in [-0.25, -0.2) is 0 Å². The van der Waals surface area contributed by atoms with Crippen LogP contribution in [0.15, 0.2) is 26.8 Å². The van der Waals surface area contributed by atoms with Crippen molar-refractivity contribution in [3.05, 3.63) is 17.7 Å². The van der Waals surface area contributed by atoms with E-state index in [-0.39, 0.29) is 0 Å². The average Bonchev–Trinajstić information content (AvgIpc) is 3.14. The molecule has 0 aliphatic heterocycles. The first-order valence-corrected chi connectivity index (χ1v) is 26.7. The maximum absolute atomic E-state index is 2.52. The Morgan fingerprint density at radius 1 is 0.288 bits per heavy atom. The maximum Gasteiger partial charge on any atom is 0.0344 e. The van der Waals surface area contributed by atoms with Crippen LogP contribution >= 0.6 is 35.3 Å². The van der Waals surface area contributed by atoms with E-state index in [1.807, 2.05) is 0 Å². The fourth-order valence-electron chi connectivity index (χ4n) is 7.43. The predicted molar refractivity (Wildman–Crippen MR) is 247 cm³/mol. The predicted octanol–water partition coefficient (Wildman–Crippen LogP) is 19.4. The summed E-state index contributed by atoms with van der Waals surface area (Å²) in [6, 6.07) is 5.03. The molecule has 3 heteroatoms. The van der Waals surface area contributed by atoms with Crippen LogP contribution in [-0.2, 0) is 0 Å². The lowest BCUT2D eigenvalue weighted by Gasteiger charge is -2.16. The van der Waals surface area contributed by atoms with Gasteiger partial charge in [0.05, 0.1) is 0 Å². The Labute approximate surface area is 341 Å². The SMILES string of the molecule is CCCCCCCCCCCCCCSc1cc(C)cc(SCCCCCCCCCCCCCC)c1SCCCCCCCCCCCCCC. The summed E-state index contributed by atoms with van der Waals surface area (Å²) in [5, 5.41) is 0. The van der Waals surface area contributed by atoms with Crippen LogP contribution in [0.25, 0.3) is 0 Å². The van der Waals surface area contributed by atoms with E-state index < -0.39 is 0 Å². The maximum atomic E-state index is 2.52. The Morgan fingerprint density at radius 2 is 0.500 bits per heavy atom. The normalized spacial score (nSPS) is 11.6. The van der Waals surface area contributed by atoms with E-state index in [0.29, 0.717) is 0 Å². The summed E-state index contributed by atoms with van der Waals surface area (Å²) in [5.41, 5.74) is 1.46. The monoisotopic (exact) mass is 777 g/mol. The average molecular weight is 777 g/mol. The summed E-state index contributed by atoms with van der Waals surface area (Å²) in [7, 11) is 0. The number of aryl methyl sites for hydroxylation is 1. The highest BCUT2D eigenvalue weighted by Gasteiger charge is 2.12. The van der Waals surface area contributed by atoms with Gasteiger partial charge in [-0.15, -0.1) is 35.3 Å². The number of hydrogen-bond donors (Lipinski definition) is 0. The van der Waals surface area contributed by atoms with Crippen LogP contribution in [-0.4, -0.2) is 17.3 Å². The zero-order valence-corrected chi connectivity index (χ0v) is 38.4. The smallest absolute Gasteiger partial charge is 0.0344 e. The molecular formula is C49H92S3. The van der Waals surface area contributed by atoms with Crippen molar-refractivity contribution in [2.45, 2.75) is 274 Å². The van der Waals surface area contributed by atoms with Gasteiger partial charge in [0.1, 0.15) is 0 Å². The molecule has 0 heterocycles. The van der Waals surface area contributed by atoms with E-state index in [1.54, 1.807) is 14.7 Å². The van der Waals surface area contributed by atoms with Crippen LogP contribution in [0.1, 0.15) is 257 Å². The van der Waals surface area contributed by atoms with Gasteiger partial charge < -0.3 is 0 Å². The van der Waals surface area contributed by atoms with E-state index in [4.69, 9.17) is 0 Å². The Balaban J connectivity index is 2.42. The molecule has 0 radical (unpaired) electrons. The van der Waals surface area contributed by atoms with Crippen molar-refractivity contribution in [2.75, 3.05) is 17.3 Å². The Hall–Kier alpha value is 0.270. The van der Waals surface area contributed by atoms with Crippen molar-refractivity contribution in [1.82, 2.24) is 0 Å². The second-order valence-electron chi connectivity index (χ2n) is 16.3. The molecule has 0 fully saturated rings. The Morgan fingerprint density at radius 3 is 0.750 bits per heavy atom. The van der Waals surface area contributed by atoms with E-state index in [2.05, 4.69) is 75.1 Å². The van der Waals surface area contributed by atoms with Gasteiger partial charge in [-0.1, -0.05) is 233 Å². The molecule has 0 aliphatic carbocycles. The van der Waals surface area contributed by atoms with Crippen LogP contribution in [0.3, 0.4) is 0 Å². The van der Waals surface area contributed by atoms with Gasteiger partial charge in [0.15, 0.2) is 0 Å². The molecule has 0 saturated carbocycles. The largest absolute Gasteiger partial charge is 0.125 e. The molecule has 1 rings (SSSR count). The molecular weight excluding hydrogens is 685 g/mol. The fraction of sp³-hybridized carbons (Fsp3) is 0.878. The minimum atomic E-state index is 1.29. The van der Waals surface area contributed by atoms with Gasteiger partial charge in [0.2, 0.25) is 0 Å². The van der Waals surface area contributed by atoms with Crippen molar-refractivity contribution in [2.24, 2.45) is 0 Å². The molecule has 1 aromatic rings. The molecule has 306 valence electrons. The molecule has 0 saturated heterocycles. The number of hydrogen-bond acceptors (Lipinski definition) is 3. The molecule has 0 nitrogen and oxygen atoms in total. The van der Waals surface area contributed by atoms with Gasteiger partial charge in [0, 0.05) is 14.7 Å². The van der Waals surface area contributed by atoms with E-state index in [1.165, 1.54) is 254 Å². The molecule has 0 N–H and O–H groups in total. The molecule has 0 aromatic heterocycles. The van der Waals surface area contributed by atoms with Crippen LogP contribution in [0.4, 0.5) is 0 Å². The first-order valence-electron chi connectivity index (χ1n) is 23.8. The van der Waals surface area contributed by atoms with E-state index >= 15 is 0 Å². The quantitative estimate of drug-likeness (QED) is 0.0479. The molecule has 1 aromatic carbocycles. The third kappa shape index (κ3) is 32.5. The lowest BCUT2D eigenvalue weighted by atomic mass is 10.1. The molecule has 0 bridgehead atoms. The zero-order chi connectivity index (χ0) is 37.4. The second-order valence-corrected chi connectivity index (χ2v) is 19.7. The van der Waals surface area contributed by atoms with Crippen LogP contribution in [0.2, 0.25) is 0 Å².